The third-order valence-electron chi connectivity index (χ3n) is 2.81. The average molecular weight is 272 g/mol. The quantitative estimate of drug-likeness (QED) is 0.752. The van der Waals surface area contributed by atoms with Crippen LogP contribution in [0, 0.1) is 5.82 Å². The standard InChI is InChI=1S/C14H9FN2O3/c15-9-3-1-2-4-10(9)16-13(18)8-5-6-11-12(7-8)20-14(19)17-11/h1-7H,(H,16,18)(H,17,19). The number of nitrogens with one attached hydrogen (secondary N) is 2. The lowest BCUT2D eigenvalue weighted by Crippen LogP contribution is -2.12. The minimum atomic E-state index is -0.591. The SMILES string of the molecule is O=C(Nc1ccccc1F)c1ccc2[nH]c(=O)oc2c1. The fourth-order valence-corrected chi connectivity index (χ4v) is 1.84. The van der Waals surface area contributed by atoms with E-state index in [2.05, 4.69) is 10.3 Å². The number of carbonyl (C=O) groups excluding carboxylic acids is 1. The maximum atomic E-state index is 13.4. The highest BCUT2D eigenvalue weighted by atomic mass is 19.1. The number of para-hydroxylation sites is 1. The zero-order chi connectivity index (χ0) is 14.1. The summed E-state index contributed by atoms with van der Waals surface area (Å²) >= 11 is 0. The summed E-state index contributed by atoms with van der Waals surface area (Å²) in [5.74, 6) is -1.59. The van der Waals surface area contributed by atoms with Crippen molar-refractivity contribution in [3.63, 3.8) is 0 Å². The Kier molecular flexibility index (Phi) is 2.83. The van der Waals surface area contributed by atoms with Crippen LogP contribution < -0.4 is 11.1 Å². The van der Waals surface area contributed by atoms with Gasteiger partial charge in [0, 0.05) is 5.56 Å². The van der Waals surface area contributed by atoms with Crippen LogP contribution in [0.4, 0.5) is 10.1 Å². The van der Waals surface area contributed by atoms with Gasteiger partial charge in [-0.3, -0.25) is 9.78 Å². The van der Waals surface area contributed by atoms with Gasteiger partial charge in [-0.05, 0) is 30.3 Å². The number of oxazole rings is 1. The highest BCUT2D eigenvalue weighted by Gasteiger charge is 2.11. The molecule has 0 fully saturated rings. The first kappa shape index (κ1) is 12.2. The number of aromatic amines is 1. The summed E-state index contributed by atoms with van der Waals surface area (Å²) < 4.78 is 18.3. The number of fused-ring (bicyclic) bond motifs is 1. The Morgan fingerprint density at radius 3 is 2.80 bits per heavy atom. The molecule has 0 bridgehead atoms. The van der Waals surface area contributed by atoms with E-state index in [1.807, 2.05) is 0 Å². The van der Waals surface area contributed by atoms with Gasteiger partial charge < -0.3 is 9.73 Å². The molecule has 0 atom stereocenters. The lowest BCUT2D eigenvalue weighted by atomic mass is 10.2. The molecule has 0 spiro atoms. The molecule has 0 saturated heterocycles. The van der Waals surface area contributed by atoms with Gasteiger partial charge >= 0.3 is 5.76 Å². The highest BCUT2D eigenvalue weighted by molar-refractivity contribution is 6.05. The predicted octanol–water partition coefficient (Wildman–Crippen LogP) is 2.51. The van der Waals surface area contributed by atoms with Crippen LogP contribution in [0.1, 0.15) is 10.4 Å². The van der Waals surface area contributed by atoms with Crippen molar-refractivity contribution >= 4 is 22.7 Å². The zero-order valence-corrected chi connectivity index (χ0v) is 10.1. The fraction of sp³-hybridized carbons (Fsp3) is 0. The number of benzene rings is 2. The Morgan fingerprint density at radius 2 is 2.00 bits per heavy atom. The van der Waals surface area contributed by atoms with E-state index < -0.39 is 17.5 Å². The van der Waals surface area contributed by atoms with Gasteiger partial charge in [0.25, 0.3) is 5.91 Å². The first-order valence-electron chi connectivity index (χ1n) is 5.82. The van der Waals surface area contributed by atoms with Gasteiger partial charge in [0.15, 0.2) is 5.58 Å². The molecule has 0 aliphatic rings. The topological polar surface area (TPSA) is 75.1 Å². The molecule has 100 valence electrons. The Balaban J connectivity index is 1.92. The molecule has 3 rings (SSSR count). The number of carbonyl (C=O) groups is 1. The van der Waals surface area contributed by atoms with Gasteiger partial charge in [-0.25, -0.2) is 9.18 Å². The van der Waals surface area contributed by atoms with Crippen LogP contribution in [0.15, 0.2) is 51.7 Å². The first-order chi connectivity index (χ1) is 9.63. The van der Waals surface area contributed by atoms with Gasteiger partial charge in [0.1, 0.15) is 5.82 Å². The third-order valence-corrected chi connectivity index (χ3v) is 2.81. The van der Waals surface area contributed by atoms with Crippen molar-refractivity contribution in [3.8, 4) is 0 Å². The monoisotopic (exact) mass is 272 g/mol. The summed E-state index contributed by atoms with van der Waals surface area (Å²) in [6.07, 6.45) is 0. The molecular formula is C14H9FN2O3. The van der Waals surface area contributed by atoms with Gasteiger partial charge in [0.2, 0.25) is 0 Å². The molecule has 1 heterocycles. The van der Waals surface area contributed by atoms with Crippen LogP contribution in [0.3, 0.4) is 0 Å². The minimum Gasteiger partial charge on any atom is -0.408 e. The summed E-state index contributed by atoms with van der Waals surface area (Å²) in [6.45, 7) is 0. The Morgan fingerprint density at radius 1 is 1.20 bits per heavy atom. The molecule has 0 radical (unpaired) electrons. The molecule has 3 aromatic rings. The minimum absolute atomic E-state index is 0.0909. The lowest BCUT2D eigenvalue weighted by molar-refractivity contribution is 0.102. The molecule has 2 aromatic carbocycles. The third kappa shape index (κ3) is 2.18. The largest absolute Gasteiger partial charge is 0.417 e. The summed E-state index contributed by atoms with van der Waals surface area (Å²) in [4.78, 5) is 25.5. The van der Waals surface area contributed by atoms with E-state index >= 15 is 0 Å². The summed E-state index contributed by atoms with van der Waals surface area (Å²) in [5.41, 5.74) is 1.13. The van der Waals surface area contributed by atoms with Gasteiger partial charge in [0.05, 0.1) is 11.2 Å². The maximum Gasteiger partial charge on any atom is 0.417 e. The number of H-pyrrole nitrogens is 1. The van der Waals surface area contributed by atoms with Crippen molar-refractivity contribution in [2.75, 3.05) is 5.32 Å². The number of halogens is 1. The van der Waals surface area contributed by atoms with Crippen molar-refractivity contribution in [1.82, 2.24) is 4.98 Å². The number of hydrogen-bond donors (Lipinski definition) is 2. The van der Waals surface area contributed by atoms with Crippen molar-refractivity contribution in [2.45, 2.75) is 0 Å². The molecule has 5 nitrogen and oxygen atoms in total. The predicted molar refractivity (Wildman–Crippen MR) is 71.2 cm³/mol. The van der Waals surface area contributed by atoms with Crippen molar-refractivity contribution in [1.29, 1.82) is 0 Å². The highest BCUT2D eigenvalue weighted by Crippen LogP contribution is 2.16. The van der Waals surface area contributed by atoms with Crippen LogP contribution in [-0.2, 0) is 0 Å². The van der Waals surface area contributed by atoms with Gasteiger partial charge in [-0.15, -0.1) is 0 Å². The van der Waals surface area contributed by atoms with Gasteiger partial charge in [-0.1, -0.05) is 12.1 Å². The summed E-state index contributed by atoms with van der Waals surface area (Å²) in [6, 6.07) is 10.4. The Hall–Kier alpha value is -2.89. The molecule has 0 saturated carbocycles. The van der Waals surface area contributed by atoms with Crippen molar-refractivity contribution in [3.05, 3.63) is 64.4 Å². The fourth-order valence-electron chi connectivity index (χ4n) is 1.84. The van der Waals surface area contributed by atoms with E-state index in [9.17, 15) is 14.0 Å². The maximum absolute atomic E-state index is 13.4. The molecule has 0 unspecified atom stereocenters. The zero-order valence-electron chi connectivity index (χ0n) is 10.1. The van der Waals surface area contributed by atoms with Gasteiger partial charge in [-0.2, -0.15) is 0 Å². The molecular weight excluding hydrogens is 263 g/mol. The van der Waals surface area contributed by atoms with E-state index in [0.29, 0.717) is 5.52 Å². The van der Waals surface area contributed by atoms with Crippen LogP contribution in [0.25, 0.3) is 11.1 Å². The lowest BCUT2D eigenvalue weighted by Gasteiger charge is -2.05. The second kappa shape index (κ2) is 4.65. The summed E-state index contributed by atoms with van der Waals surface area (Å²) in [7, 11) is 0. The number of rotatable bonds is 2. The second-order valence-corrected chi connectivity index (χ2v) is 4.16. The molecule has 1 aromatic heterocycles. The normalized spacial score (nSPS) is 10.7. The van der Waals surface area contributed by atoms with E-state index in [-0.39, 0.29) is 16.8 Å². The molecule has 0 aliphatic heterocycles. The van der Waals surface area contributed by atoms with Crippen LogP contribution >= 0.6 is 0 Å². The molecule has 2 N–H and O–H groups in total. The van der Waals surface area contributed by atoms with Crippen LogP contribution in [0.2, 0.25) is 0 Å². The number of anilines is 1. The van der Waals surface area contributed by atoms with E-state index in [0.717, 1.165) is 0 Å². The van der Waals surface area contributed by atoms with Crippen LogP contribution in [0.5, 0.6) is 0 Å². The Labute approximate surface area is 112 Å². The van der Waals surface area contributed by atoms with E-state index in [1.54, 1.807) is 12.1 Å². The molecule has 1 amide bonds. The average Bonchev–Trinajstić information content (AvgIpc) is 2.80. The molecule has 0 aliphatic carbocycles. The molecule has 6 heteroatoms. The first-order valence-corrected chi connectivity index (χ1v) is 5.82. The second-order valence-electron chi connectivity index (χ2n) is 4.16. The van der Waals surface area contributed by atoms with E-state index in [4.69, 9.17) is 4.42 Å². The summed E-state index contributed by atoms with van der Waals surface area (Å²) in [5, 5.41) is 2.45. The number of aromatic nitrogens is 1. The van der Waals surface area contributed by atoms with Crippen LogP contribution in [-0.4, -0.2) is 10.9 Å². The van der Waals surface area contributed by atoms with Crippen molar-refractivity contribution in [2.24, 2.45) is 0 Å². The number of hydrogen-bond acceptors (Lipinski definition) is 3. The Bertz CT molecular complexity index is 851. The number of amides is 1. The van der Waals surface area contributed by atoms with Crippen molar-refractivity contribution < 1.29 is 13.6 Å². The smallest absolute Gasteiger partial charge is 0.408 e. The molecule has 20 heavy (non-hydrogen) atoms. The van der Waals surface area contributed by atoms with E-state index in [1.165, 1.54) is 30.3 Å².